The van der Waals surface area contributed by atoms with Gasteiger partial charge in [0.05, 0.1) is 26.2 Å². The molecule has 4 amide bonds. The molecule has 0 unspecified atom stereocenters. The summed E-state index contributed by atoms with van der Waals surface area (Å²) in [4.78, 5) is 41.9. The molecule has 1 saturated carbocycles. The van der Waals surface area contributed by atoms with Gasteiger partial charge in [-0.2, -0.15) is 0 Å². The molecule has 2 N–H and O–H groups in total. The maximum atomic E-state index is 12.7. The van der Waals surface area contributed by atoms with E-state index in [0.717, 1.165) is 43.1 Å². The molecule has 0 radical (unpaired) electrons. The molecular weight excluding hydrogens is 372 g/mol. The largest absolute Gasteiger partial charge is 0.488 e. The van der Waals surface area contributed by atoms with Gasteiger partial charge >= 0.3 is 6.03 Å². The molecule has 8 nitrogen and oxygen atoms in total. The number of ether oxygens (including phenoxy) is 1. The average Bonchev–Trinajstić information content (AvgIpc) is 3.30. The summed E-state index contributed by atoms with van der Waals surface area (Å²) >= 11 is 0. The second-order valence-electron chi connectivity index (χ2n) is 8.15. The topological polar surface area (TPSA) is 83.4 Å². The predicted octanol–water partition coefficient (Wildman–Crippen LogP) is -0.343. The lowest BCUT2D eigenvalue weighted by Gasteiger charge is -2.32. The molecule has 0 atom stereocenters. The Hall–Kier alpha value is -2.61. The summed E-state index contributed by atoms with van der Waals surface area (Å²) in [7, 11) is 0. The van der Waals surface area contributed by atoms with Gasteiger partial charge in [0.2, 0.25) is 5.91 Å². The van der Waals surface area contributed by atoms with Crippen LogP contribution in [0, 0.1) is 0 Å². The molecule has 0 bridgehead atoms. The maximum Gasteiger partial charge on any atom is 0.325 e. The number of carbonyl (C=O) groups is 3. The van der Waals surface area contributed by atoms with Crippen molar-refractivity contribution in [3.63, 3.8) is 0 Å². The van der Waals surface area contributed by atoms with Crippen molar-refractivity contribution in [2.45, 2.75) is 31.2 Å². The number of benzene rings is 1. The van der Waals surface area contributed by atoms with Gasteiger partial charge in [-0.3, -0.25) is 14.5 Å². The summed E-state index contributed by atoms with van der Waals surface area (Å²) in [5.41, 5.74) is -0.751. The number of carbonyl (C=O) groups excluding carboxylic acids is 3. The van der Waals surface area contributed by atoms with Gasteiger partial charge in [0.15, 0.2) is 0 Å². The van der Waals surface area contributed by atoms with Crippen molar-refractivity contribution >= 4 is 17.8 Å². The standard InChI is InChI=1S/C21H28N4O4/c26-18(16-25-19(27)21(22-20(25)28)8-4-5-9-21)24-12-10-23(11-13-24)14-15-29-17-6-2-1-3-7-17/h1-3,6-7H,4-5,8-16H2,(H,22,28)/p+1. The smallest absolute Gasteiger partial charge is 0.325 e. The number of hydrogen-bond acceptors (Lipinski definition) is 4. The highest BCUT2D eigenvalue weighted by atomic mass is 16.5. The summed E-state index contributed by atoms with van der Waals surface area (Å²) in [6.07, 6.45) is 3.23. The molecule has 4 rings (SSSR count). The van der Waals surface area contributed by atoms with Gasteiger partial charge in [0.25, 0.3) is 5.91 Å². The molecule has 2 heterocycles. The summed E-state index contributed by atoms with van der Waals surface area (Å²) in [6, 6.07) is 9.32. The van der Waals surface area contributed by atoms with Gasteiger partial charge in [-0.05, 0) is 25.0 Å². The molecule has 1 spiro atoms. The Morgan fingerprint density at radius 1 is 1.10 bits per heavy atom. The fraction of sp³-hybridized carbons (Fsp3) is 0.571. The number of rotatable bonds is 6. The van der Waals surface area contributed by atoms with Crippen molar-refractivity contribution in [1.82, 2.24) is 15.1 Å². The van der Waals surface area contributed by atoms with E-state index < -0.39 is 11.6 Å². The number of nitrogens with zero attached hydrogens (tertiary/aromatic N) is 2. The van der Waals surface area contributed by atoms with E-state index in [9.17, 15) is 14.4 Å². The molecule has 156 valence electrons. The van der Waals surface area contributed by atoms with E-state index in [4.69, 9.17) is 4.74 Å². The van der Waals surface area contributed by atoms with Crippen molar-refractivity contribution < 1.29 is 24.0 Å². The van der Waals surface area contributed by atoms with Crippen LogP contribution in [0.4, 0.5) is 4.79 Å². The lowest BCUT2D eigenvalue weighted by Crippen LogP contribution is -3.15. The molecule has 2 saturated heterocycles. The van der Waals surface area contributed by atoms with Crippen LogP contribution >= 0.6 is 0 Å². The predicted molar refractivity (Wildman–Crippen MR) is 106 cm³/mol. The van der Waals surface area contributed by atoms with Crippen LogP contribution in [0.2, 0.25) is 0 Å². The Morgan fingerprint density at radius 3 is 2.48 bits per heavy atom. The van der Waals surface area contributed by atoms with Gasteiger partial charge in [0, 0.05) is 0 Å². The van der Waals surface area contributed by atoms with Crippen LogP contribution in [0.25, 0.3) is 0 Å². The third-order valence-electron chi connectivity index (χ3n) is 6.29. The summed E-state index contributed by atoms with van der Waals surface area (Å²) in [5, 5.41) is 2.83. The Balaban J connectivity index is 1.21. The normalized spacial score (nSPS) is 21.7. The highest BCUT2D eigenvalue weighted by molar-refractivity contribution is 6.09. The van der Waals surface area contributed by atoms with Crippen LogP contribution in [0.5, 0.6) is 5.75 Å². The van der Waals surface area contributed by atoms with E-state index in [2.05, 4.69) is 5.32 Å². The molecule has 29 heavy (non-hydrogen) atoms. The van der Waals surface area contributed by atoms with Crippen LogP contribution < -0.4 is 15.0 Å². The highest BCUT2D eigenvalue weighted by Gasteiger charge is 2.52. The van der Waals surface area contributed by atoms with Crippen LogP contribution in [-0.2, 0) is 9.59 Å². The number of para-hydroxylation sites is 1. The van der Waals surface area contributed by atoms with Crippen LogP contribution in [0.15, 0.2) is 30.3 Å². The van der Waals surface area contributed by atoms with Crippen LogP contribution in [-0.4, -0.2) is 79.1 Å². The third-order valence-corrected chi connectivity index (χ3v) is 6.29. The van der Waals surface area contributed by atoms with Gasteiger partial charge in [-0.1, -0.05) is 31.0 Å². The monoisotopic (exact) mass is 401 g/mol. The van der Waals surface area contributed by atoms with E-state index in [-0.39, 0.29) is 18.4 Å². The van der Waals surface area contributed by atoms with Crippen molar-refractivity contribution in [3.05, 3.63) is 30.3 Å². The Morgan fingerprint density at radius 2 is 1.79 bits per heavy atom. The van der Waals surface area contributed by atoms with Crippen molar-refractivity contribution in [3.8, 4) is 5.75 Å². The fourth-order valence-corrected chi connectivity index (χ4v) is 4.52. The van der Waals surface area contributed by atoms with Crippen LogP contribution in [0.3, 0.4) is 0 Å². The van der Waals surface area contributed by atoms with E-state index >= 15 is 0 Å². The van der Waals surface area contributed by atoms with E-state index in [1.165, 1.54) is 4.90 Å². The zero-order valence-corrected chi connectivity index (χ0v) is 16.7. The minimum atomic E-state index is -0.751. The van der Waals surface area contributed by atoms with Crippen molar-refractivity contribution in [1.29, 1.82) is 0 Å². The van der Waals surface area contributed by atoms with Crippen LogP contribution in [0.1, 0.15) is 25.7 Å². The second kappa shape index (κ2) is 8.41. The Kier molecular flexibility index (Phi) is 5.71. The first-order chi connectivity index (χ1) is 14.1. The number of amides is 4. The van der Waals surface area contributed by atoms with E-state index in [1.807, 2.05) is 30.3 Å². The zero-order valence-electron chi connectivity index (χ0n) is 16.7. The van der Waals surface area contributed by atoms with Crippen molar-refractivity contribution in [2.24, 2.45) is 0 Å². The number of quaternary nitrogens is 1. The van der Waals surface area contributed by atoms with E-state index in [0.29, 0.717) is 32.5 Å². The summed E-state index contributed by atoms with van der Waals surface area (Å²) in [6.45, 7) is 4.31. The van der Waals surface area contributed by atoms with E-state index in [1.54, 1.807) is 4.90 Å². The average molecular weight is 401 g/mol. The number of urea groups is 1. The molecule has 0 aromatic heterocycles. The van der Waals surface area contributed by atoms with Crippen molar-refractivity contribution in [2.75, 3.05) is 45.9 Å². The molecule has 1 aromatic rings. The third kappa shape index (κ3) is 4.22. The molecule has 1 aromatic carbocycles. The van der Waals surface area contributed by atoms with Gasteiger partial charge in [-0.25, -0.2) is 4.79 Å². The van der Waals surface area contributed by atoms with Gasteiger partial charge in [0.1, 0.15) is 31.0 Å². The van der Waals surface area contributed by atoms with Gasteiger partial charge in [-0.15, -0.1) is 0 Å². The minimum Gasteiger partial charge on any atom is -0.488 e. The lowest BCUT2D eigenvalue weighted by molar-refractivity contribution is -0.904. The first-order valence-electron chi connectivity index (χ1n) is 10.5. The quantitative estimate of drug-likeness (QED) is 0.639. The molecule has 3 fully saturated rings. The Labute approximate surface area is 170 Å². The zero-order chi connectivity index (χ0) is 20.3. The SMILES string of the molecule is O=C(CN1C(=O)NC2(CCCC2)C1=O)N1CC[NH+](CCOc2ccccc2)CC1. The fourth-order valence-electron chi connectivity index (χ4n) is 4.52. The van der Waals surface area contributed by atoms with Gasteiger partial charge < -0.3 is 19.9 Å². The lowest BCUT2D eigenvalue weighted by atomic mass is 9.98. The maximum absolute atomic E-state index is 12.7. The molecule has 8 heteroatoms. The first-order valence-corrected chi connectivity index (χ1v) is 10.5. The summed E-state index contributed by atoms with van der Waals surface area (Å²) in [5.74, 6) is 0.494. The molecule has 1 aliphatic carbocycles. The summed E-state index contributed by atoms with van der Waals surface area (Å²) < 4.78 is 5.75. The number of hydrogen-bond donors (Lipinski definition) is 2. The first kappa shape index (κ1) is 19.7. The number of imide groups is 1. The number of piperazine rings is 1. The highest BCUT2D eigenvalue weighted by Crippen LogP contribution is 2.34. The number of nitrogens with one attached hydrogen (secondary N) is 2. The second-order valence-corrected chi connectivity index (χ2v) is 8.15. The molecular formula is C21H29N4O4+. The Bertz CT molecular complexity index is 755. The molecule has 3 aliphatic rings. The molecule has 2 aliphatic heterocycles. The minimum absolute atomic E-state index is 0.150.